The van der Waals surface area contributed by atoms with Crippen molar-refractivity contribution in [1.82, 2.24) is 19.4 Å². The summed E-state index contributed by atoms with van der Waals surface area (Å²) in [5.74, 6) is -0.0401. The van der Waals surface area contributed by atoms with Gasteiger partial charge in [-0.1, -0.05) is 24.8 Å². The monoisotopic (exact) mass is 567 g/mol. The molecule has 0 spiro atoms. The van der Waals surface area contributed by atoms with E-state index in [1.807, 2.05) is 54.2 Å². The largest absolute Gasteiger partial charge is 0.494 e. The third-order valence-electron chi connectivity index (χ3n) is 8.18. The molecule has 2 saturated heterocycles. The van der Waals surface area contributed by atoms with Crippen LogP contribution in [0.15, 0.2) is 61.4 Å². The maximum atomic E-state index is 12.7. The van der Waals surface area contributed by atoms with E-state index in [0.717, 1.165) is 41.7 Å². The first kappa shape index (κ1) is 27.3. The number of amides is 1. The van der Waals surface area contributed by atoms with Gasteiger partial charge in [-0.3, -0.25) is 9.69 Å². The van der Waals surface area contributed by atoms with Gasteiger partial charge in [-0.25, -0.2) is 14.8 Å². The molecule has 0 radical (unpaired) electrons. The number of anilines is 4. The second kappa shape index (κ2) is 10.8. The number of hydrogen-bond acceptors (Lipinski definition) is 9. The molecule has 1 amide bonds. The third kappa shape index (κ3) is 4.71. The fourth-order valence-corrected chi connectivity index (χ4v) is 6.08. The molecule has 2 bridgehead atoms. The highest BCUT2D eigenvalue weighted by atomic mass is 16.5. The molecule has 4 aromatic rings. The van der Waals surface area contributed by atoms with Crippen LogP contribution in [0.5, 0.6) is 5.75 Å². The van der Waals surface area contributed by atoms with Crippen LogP contribution in [-0.2, 0) is 16.6 Å². The molecule has 2 fully saturated rings. The van der Waals surface area contributed by atoms with Crippen LogP contribution >= 0.6 is 0 Å². The molecule has 0 saturated carbocycles. The van der Waals surface area contributed by atoms with Gasteiger partial charge in [0.05, 0.1) is 37.0 Å². The lowest BCUT2D eigenvalue weighted by Gasteiger charge is -2.35. The summed E-state index contributed by atoms with van der Waals surface area (Å²) in [6, 6.07) is 12.5. The van der Waals surface area contributed by atoms with Crippen LogP contribution in [0.4, 0.5) is 23.0 Å². The van der Waals surface area contributed by atoms with Gasteiger partial charge in [-0.2, -0.15) is 0 Å². The molecular weight excluding hydrogens is 534 g/mol. The smallest absolute Gasteiger partial charge is 0.341 e. The first-order valence-corrected chi connectivity index (χ1v) is 13.7. The predicted octanol–water partition coefficient (Wildman–Crippen LogP) is 4.19. The molecule has 216 valence electrons. The summed E-state index contributed by atoms with van der Waals surface area (Å²) in [6.45, 7) is 5.43. The normalized spacial score (nSPS) is 17.9. The van der Waals surface area contributed by atoms with Crippen LogP contribution in [0.3, 0.4) is 0 Å². The van der Waals surface area contributed by atoms with Crippen molar-refractivity contribution in [2.24, 2.45) is 7.05 Å². The van der Waals surface area contributed by atoms with Crippen LogP contribution in [0.2, 0.25) is 0 Å². The lowest BCUT2D eigenvalue weighted by molar-refractivity contribution is -0.111. The molecule has 2 aromatic heterocycles. The summed E-state index contributed by atoms with van der Waals surface area (Å²) in [5, 5.41) is 7.16. The average molecular weight is 568 g/mol. The summed E-state index contributed by atoms with van der Waals surface area (Å²) in [4.78, 5) is 39.1. The summed E-state index contributed by atoms with van der Waals surface area (Å²) in [6.07, 6.45) is 5.71. The lowest BCUT2D eigenvalue weighted by Crippen LogP contribution is -2.44. The first-order chi connectivity index (χ1) is 20.3. The zero-order valence-electron chi connectivity index (χ0n) is 24.0. The minimum Gasteiger partial charge on any atom is -0.494 e. The van der Waals surface area contributed by atoms with E-state index in [2.05, 4.69) is 39.0 Å². The number of rotatable bonds is 8. The molecule has 2 aliphatic rings. The number of methoxy groups -OCH3 is 2. The zero-order chi connectivity index (χ0) is 29.5. The number of aromatic nitrogens is 3. The predicted molar refractivity (Wildman–Crippen MR) is 163 cm³/mol. The van der Waals surface area contributed by atoms with Crippen LogP contribution in [-0.4, -0.2) is 77.8 Å². The highest BCUT2D eigenvalue weighted by Crippen LogP contribution is 2.43. The van der Waals surface area contributed by atoms with Gasteiger partial charge in [-0.15, -0.1) is 0 Å². The SMILES string of the molecule is C=CC(=O)Nc1cc(Nc2ncc(C(=O)OC)c(-c3cn(C)c4ccccc34)n2)c(OC)cc1N1C[C@@H]2C[C@H]1CN2C. The number of benzene rings is 2. The Morgan fingerprint density at radius 3 is 2.60 bits per heavy atom. The number of piperazine rings is 1. The maximum Gasteiger partial charge on any atom is 0.341 e. The fourth-order valence-electron chi connectivity index (χ4n) is 6.08. The van der Waals surface area contributed by atoms with Crippen LogP contribution in [0.1, 0.15) is 16.8 Å². The molecule has 11 nitrogen and oxygen atoms in total. The van der Waals surface area contributed by atoms with E-state index < -0.39 is 5.97 Å². The van der Waals surface area contributed by atoms with Crippen molar-refractivity contribution in [3.8, 4) is 17.0 Å². The Hall–Kier alpha value is -4.90. The zero-order valence-corrected chi connectivity index (χ0v) is 24.0. The molecular formula is C31H33N7O4. The number of esters is 1. The minimum atomic E-state index is -0.536. The molecule has 42 heavy (non-hydrogen) atoms. The van der Waals surface area contributed by atoms with Crippen molar-refractivity contribution in [3.05, 3.63) is 67.0 Å². The number of aryl methyl sites for hydroxylation is 1. The molecule has 2 aliphatic heterocycles. The number of nitrogens with zero attached hydrogens (tertiary/aromatic N) is 5. The molecule has 2 aromatic carbocycles. The third-order valence-corrected chi connectivity index (χ3v) is 8.18. The van der Waals surface area contributed by atoms with Gasteiger partial charge in [0.25, 0.3) is 0 Å². The van der Waals surface area contributed by atoms with Crippen molar-refractivity contribution >= 4 is 45.8 Å². The average Bonchev–Trinajstić information content (AvgIpc) is 3.69. The van der Waals surface area contributed by atoms with Gasteiger partial charge < -0.3 is 29.6 Å². The number of carbonyl (C=O) groups excluding carboxylic acids is 2. The second-order valence-electron chi connectivity index (χ2n) is 10.6. The van der Waals surface area contributed by atoms with Crippen molar-refractivity contribution in [2.75, 3.05) is 49.9 Å². The summed E-state index contributed by atoms with van der Waals surface area (Å²) in [7, 11) is 7.02. The Morgan fingerprint density at radius 1 is 1.10 bits per heavy atom. The maximum absolute atomic E-state index is 12.7. The molecule has 6 rings (SSSR count). The van der Waals surface area contributed by atoms with Gasteiger partial charge in [-0.05, 0) is 31.7 Å². The molecule has 2 atom stereocenters. The van der Waals surface area contributed by atoms with E-state index in [1.165, 1.54) is 19.4 Å². The van der Waals surface area contributed by atoms with E-state index >= 15 is 0 Å². The highest BCUT2D eigenvalue weighted by Gasteiger charge is 2.42. The number of ether oxygens (including phenoxy) is 2. The van der Waals surface area contributed by atoms with E-state index in [4.69, 9.17) is 14.5 Å². The van der Waals surface area contributed by atoms with Gasteiger partial charge in [0.2, 0.25) is 11.9 Å². The van der Waals surface area contributed by atoms with Crippen LogP contribution < -0.4 is 20.3 Å². The molecule has 0 aliphatic carbocycles. The Bertz CT molecular complexity index is 1710. The van der Waals surface area contributed by atoms with Crippen molar-refractivity contribution in [2.45, 2.75) is 18.5 Å². The van der Waals surface area contributed by atoms with Gasteiger partial charge >= 0.3 is 5.97 Å². The van der Waals surface area contributed by atoms with Crippen molar-refractivity contribution in [1.29, 1.82) is 0 Å². The van der Waals surface area contributed by atoms with Crippen LogP contribution in [0.25, 0.3) is 22.2 Å². The van der Waals surface area contributed by atoms with Crippen LogP contribution in [0, 0.1) is 0 Å². The van der Waals surface area contributed by atoms with E-state index in [-0.39, 0.29) is 17.4 Å². The van der Waals surface area contributed by atoms with Crippen molar-refractivity contribution < 1.29 is 19.1 Å². The Balaban J connectivity index is 1.42. The van der Waals surface area contributed by atoms with Gasteiger partial charge in [0, 0.05) is 67.1 Å². The van der Waals surface area contributed by atoms with Crippen molar-refractivity contribution in [3.63, 3.8) is 0 Å². The standard InChI is InChI=1S/C31H33N7O4/c1-6-28(39)33-23-12-24(27(41-4)13-26(23)38-16-18-11-19(38)15-36(18)2)34-31-32-14-21(30(40)42-5)29(35-31)22-17-37(3)25-10-8-7-9-20(22)25/h6-10,12-14,17-19H,1,11,15-16H2,2-5H3,(H,33,39)(H,32,34,35)/t18-,19-/m0/s1. The number of likely N-dealkylation sites (N-methyl/N-ethyl adjacent to an activating group) is 1. The molecule has 0 unspecified atom stereocenters. The van der Waals surface area contributed by atoms with Gasteiger partial charge in [0.15, 0.2) is 0 Å². The Morgan fingerprint density at radius 2 is 1.90 bits per heavy atom. The lowest BCUT2D eigenvalue weighted by atomic mass is 10.1. The number of nitrogens with one attached hydrogen (secondary N) is 2. The molecule has 2 N–H and O–H groups in total. The first-order valence-electron chi connectivity index (χ1n) is 13.7. The Labute approximate surface area is 243 Å². The molecule has 4 heterocycles. The fraction of sp³-hybridized carbons (Fsp3) is 0.290. The number of likely N-dealkylation sites (tertiary alicyclic amines) is 1. The Kier molecular flexibility index (Phi) is 7.03. The number of para-hydroxylation sites is 1. The summed E-state index contributed by atoms with van der Waals surface area (Å²) >= 11 is 0. The summed E-state index contributed by atoms with van der Waals surface area (Å²) < 4.78 is 12.8. The summed E-state index contributed by atoms with van der Waals surface area (Å²) in [5.41, 5.74) is 4.51. The van der Waals surface area contributed by atoms with E-state index in [1.54, 1.807) is 7.11 Å². The molecule has 11 heteroatoms. The topological polar surface area (TPSA) is 114 Å². The second-order valence-corrected chi connectivity index (χ2v) is 10.6. The number of hydrogen-bond donors (Lipinski definition) is 2. The van der Waals surface area contributed by atoms with Gasteiger partial charge in [0.1, 0.15) is 11.3 Å². The quantitative estimate of drug-likeness (QED) is 0.239. The minimum absolute atomic E-state index is 0.245. The number of fused-ring (bicyclic) bond motifs is 3. The van der Waals surface area contributed by atoms with E-state index in [9.17, 15) is 9.59 Å². The number of carbonyl (C=O) groups is 2. The highest BCUT2D eigenvalue weighted by molar-refractivity contribution is 6.04. The van der Waals surface area contributed by atoms with E-state index in [0.29, 0.717) is 34.9 Å².